The van der Waals surface area contributed by atoms with Crippen LogP contribution in [0, 0.1) is 0 Å². The van der Waals surface area contributed by atoms with Crippen LogP contribution in [-0.4, -0.2) is 138 Å². The van der Waals surface area contributed by atoms with E-state index < -0.39 is 22.5 Å². The second kappa shape index (κ2) is 12.8. The molecule has 0 aromatic carbocycles. The van der Waals surface area contributed by atoms with Crippen molar-refractivity contribution in [3.63, 3.8) is 0 Å². The Morgan fingerprint density at radius 1 is 0.484 bits per heavy atom. The first kappa shape index (κ1) is 31.4. The van der Waals surface area contributed by atoms with E-state index in [1.54, 1.807) is 0 Å². The van der Waals surface area contributed by atoms with Crippen LogP contribution in [0.1, 0.15) is 19.8 Å². The molecule has 0 saturated heterocycles. The van der Waals surface area contributed by atoms with Gasteiger partial charge in [-0.05, 0) is 105 Å². The molecule has 0 amide bonds. The summed E-state index contributed by atoms with van der Waals surface area (Å²) in [6, 6.07) is 0. The summed E-state index contributed by atoms with van der Waals surface area (Å²) in [5.41, 5.74) is 0. The predicted octanol–water partition coefficient (Wildman–Crippen LogP) is 4.56. The zero-order chi connectivity index (χ0) is 24.8. The van der Waals surface area contributed by atoms with Crippen molar-refractivity contribution in [3.8, 4) is 0 Å². The Balaban J connectivity index is 7.88. The van der Waals surface area contributed by atoms with Crippen LogP contribution in [0.25, 0.3) is 0 Å². The van der Waals surface area contributed by atoms with Gasteiger partial charge in [-0.3, -0.25) is 28.0 Å². The van der Waals surface area contributed by atoms with Gasteiger partial charge >= 0.3 is 0 Å². The molecule has 10 nitrogen and oxygen atoms in total. The van der Waals surface area contributed by atoms with Gasteiger partial charge in [0.25, 0.3) is 7.51 Å². The van der Waals surface area contributed by atoms with Gasteiger partial charge in [-0.25, -0.2) is 9.42 Å². The van der Waals surface area contributed by atoms with E-state index in [0.717, 1.165) is 19.4 Å². The van der Waals surface area contributed by atoms with Crippen LogP contribution in [0.5, 0.6) is 0 Å². The molecule has 0 aromatic heterocycles. The highest BCUT2D eigenvalue weighted by molar-refractivity contribution is 7.76. The highest BCUT2D eigenvalue weighted by atomic mass is 31.2. The number of nitrogens with zero attached hydrogens (tertiary/aromatic N) is 10. The number of hydrogen-bond acceptors (Lipinski definition) is 1. The van der Waals surface area contributed by atoms with Crippen molar-refractivity contribution < 1.29 is 0 Å². The molecule has 0 rings (SSSR count). The van der Waals surface area contributed by atoms with E-state index in [2.05, 4.69) is 138 Å². The fraction of sp³-hybridized carbons (Fsp3) is 1.00. The lowest BCUT2D eigenvalue weighted by Crippen LogP contribution is -2.32. The first-order chi connectivity index (χ1) is 14.1. The fourth-order valence-corrected chi connectivity index (χ4v) is 17.2. The van der Waals surface area contributed by atoms with Crippen LogP contribution in [0.2, 0.25) is 0 Å². The normalized spacial score (nSPS) is 14.1. The maximum atomic E-state index is 5.68. The summed E-state index contributed by atoms with van der Waals surface area (Å²) in [5, 5.41) is 0. The van der Waals surface area contributed by atoms with Crippen LogP contribution in [0.4, 0.5) is 0 Å². The molecule has 0 heterocycles. The molecule has 0 aromatic rings. The van der Waals surface area contributed by atoms with Crippen molar-refractivity contribution in [3.05, 3.63) is 0 Å². The minimum atomic E-state index is -2.61. The Hall–Kier alpha value is 0.410. The van der Waals surface area contributed by atoms with Crippen LogP contribution < -0.4 is 0 Å². The van der Waals surface area contributed by atoms with E-state index in [4.69, 9.17) is 13.8 Å². The van der Waals surface area contributed by atoms with E-state index in [9.17, 15) is 0 Å². The van der Waals surface area contributed by atoms with Crippen molar-refractivity contribution in [1.29, 1.82) is 0 Å². The standard InChI is InChI=1S/C18H51N10P3/c1-16-17-18-19-29(22(2)3,20-30(23(4)5,24(6)7)25(8)9)21-31(26(10)11,27(12)13)28(14)15/h16-18H2,1-15H3. The summed E-state index contributed by atoms with van der Waals surface area (Å²) in [6.07, 6.45) is 2.14. The van der Waals surface area contributed by atoms with Crippen LogP contribution in [0.3, 0.4) is 0 Å². The second-order valence-corrected chi connectivity index (χ2v) is 19.5. The van der Waals surface area contributed by atoms with Gasteiger partial charge in [0.1, 0.15) is 0 Å². The van der Waals surface area contributed by atoms with E-state index in [1.807, 2.05) is 0 Å². The summed E-state index contributed by atoms with van der Waals surface area (Å²) < 4.78 is 32.3. The fourth-order valence-electron chi connectivity index (χ4n) is 3.67. The van der Waals surface area contributed by atoms with Crippen molar-refractivity contribution in [2.45, 2.75) is 19.8 Å². The average Bonchev–Trinajstić information content (AvgIpc) is 2.61. The smallest absolute Gasteiger partial charge is 0.252 e. The first-order valence-electron chi connectivity index (χ1n) is 10.7. The maximum absolute atomic E-state index is 5.68. The maximum Gasteiger partial charge on any atom is 0.259 e. The van der Waals surface area contributed by atoms with E-state index in [0.29, 0.717) is 0 Å². The average molecular weight is 501 g/mol. The molecule has 0 unspecified atom stereocenters. The molecule has 0 fully saturated rings. The van der Waals surface area contributed by atoms with Crippen LogP contribution in [-0.2, 0) is 0 Å². The van der Waals surface area contributed by atoms with Gasteiger partial charge in [0.05, 0.1) is 0 Å². The van der Waals surface area contributed by atoms with Gasteiger partial charge in [-0.1, -0.05) is 13.3 Å². The Labute approximate surface area is 194 Å². The molecule has 0 bridgehead atoms. The molecule has 0 N–H and O–H groups in total. The molecular weight excluding hydrogens is 449 g/mol. The molecule has 0 atom stereocenters. The predicted molar refractivity (Wildman–Crippen MR) is 144 cm³/mol. The van der Waals surface area contributed by atoms with Gasteiger partial charge < -0.3 is 0 Å². The molecule has 0 aliphatic heterocycles. The quantitative estimate of drug-likeness (QED) is 0.288. The minimum Gasteiger partial charge on any atom is -0.252 e. The molecule has 31 heavy (non-hydrogen) atoms. The third kappa shape index (κ3) is 6.73. The first-order valence-corrected chi connectivity index (χ1v) is 15.5. The zero-order valence-corrected chi connectivity index (χ0v) is 25.6. The third-order valence-corrected chi connectivity index (χ3v) is 17.0. The molecule has 0 saturated carbocycles. The SMILES string of the molecule is CCCCN=P(N=P(N(C)C)(N(C)C)N(C)C)(N=P(N(C)C)(N(C)C)N(C)C)N(C)C. The lowest BCUT2D eigenvalue weighted by atomic mass is 10.3. The monoisotopic (exact) mass is 500 g/mol. The summed E-state index contributed by atoms with van der Waals surface area (Å²) >= 11 is 0. The van der Waals surface area contributed by atoms with Gasteiger partial charge in [-0.15, -0.1) is 0 Å². The molecule has 0 spiro atoms. The van der Waals surface area contributed by atoms with Crippen molar-refractivity contribution >= 4 is 22.5 Å². The molecule has 13 heteroatoms. The molecule has 0 radical (unpaired) electrons. The molecule has 0 aliphatic carbocycles. The lowest BCUT2D eigenvalue weighted by Gasteiger charge is -2.45. The van der Waals surface area contributed by atoms with Crippen molar-refractivity contribution in [2.75, 3.05) is 105 Å². The third-order valence-electron chi connectivity index (χ3n) is 5.04. The molecule has 0 aliphatic rings. The van der Waals surface area contributed by atoms with Gasteiger partial charge in [0, 0.05) is 6.54 Å². The van der Waals surface area contributed by atoms with Crippen LogP contribution >= 0.6 is 22.5 Å². The highest BCUT2D eigenvalue weighted by Gasteiger charge is 2.38. The minimum absolute atomic E-state index is 0.762. The zero-order valence-electron chi connectivity index (χ0n) is 22.9. The van der Waals surface area contributed by atoms with Crippen molar-refractivity contribution in [1.82, 2.24) is 32.7 Å². The van der Waals surface area contributed by atoms with Crippen LogP contribution in [0.15, 0.2) is 13.8 Å². The molecule has 188 valence electrons. The van der Waals surface area contributed by atoms with E-state index >= 15 is 0 Å². The van der Waals surface area contributed by atoms with Crippen molar-refractivity contribution in [2.24, 2.45) is 13.8 Å². The number of rotatable bonds is 12. The molecular formula is C18H51N10P3. The summed E-state index contributed by atoms with van der Waals surface area (Å²) in [4.78, 5) is 0. The Morgan fingerprint density at radius 3 is 0.968 bits per heavy atom. The van der Waals surface area contributed by atoms with E-state index in [1.165, 1.54) is 0 Å². The van der Waals surface area contributed by atoms with Gasteiger partial charge in [-0.2, -0.15) is 9.03 Å². The van der Waals surface area contributed by atoms with Gasteiger partial charge in [0.15, 0.2) is 15.0 Å². The summed E-state index contributed by atoms with van der Waals surface area (Å²) in [7, 11) is 22.5. The Kier molecular flexibility index (Phi) is 12.9. The highest BCUT2D eigenvalue weighted by Crippen LogP contribution is 2.73. The van der Waals surface area contributed by atoms with E-state index in [-0.39, 0.29) is 0 Å². The number of unbranched alkanes of at least 4 members (excludes halogenated alkanes) is 1. The summed E-state index contributed by atoms with van der Waals surface area (Å²) in [5.74, 6) is 0. The Bertz CT molecular complexity index is 606. The van der Waals surface area contributed by atoms with Gasteiger partial charge in [0.2, 0.25) is 0 Å². The number of hydrogen-bond donors (Lipinski definition) is 0. The topological polar surface area (TPSA) is 59.8 Å². The second-order valence-electron chi connectivity index (χ2n) is 8.94. The Morgan fingerprint density at radius 2 is 0.774 bits per heavy atom. The summed E-state index contributed by atoms with van der Waals surface area (Å²) in [6.45, 7) is 2.96. The lowest BCUT2D eigenvalue weighted by molar-refractivity contribution is 0.472. The largest absolute Gasteiger partial charge is 0.259 e.